The molecule has 1 aliphatic carbocycles. The molecule has 1 aliphatic heterocycles. The highest BCUT2D eigenvalue weighted by Gasteiger charge is 2.40. The van der Waals surface area contributed by atoms with E-state index in [0.717, 1.165) is 6.42 Å². The minimum atomic E-state index is 0.128. The van der Waals surface area contributed by atoms with Crippen molar-refractivity contribution < 1.29 is 4.79 Å². The van der Waals surface area contributed by atoms with E-state index in [2.05, 4.69) is 20.6 Å². The Morgan fingerprint density at radius 1 is 1.37 bits per heavy atom. The summed E-state index contributed by atoms with van der Waals surface area (Å²) in [5.41, 5.74) is 5.66. The fraction of sp³-hybridized carbons (Fsp3) is 0.583. The van der Waals surface area contributed by atoms with Crippen molar-refractivity contribution in [2.24, 2.45) is 5.92 Å². The van der Waals surface area contributed by atoms with Crippen LogP contribution in [0.3, 0.4) is 0 Å². The first kappa shape index (κ1) is 12.5. The van der Waals surface area contributed by atoms with E-state index < -0.39 is 0 Å². The summed E-state index contributed by atoms with van der Waals surface area (Å²) in [4.78, 5) is 19.5. The molecule has 7 heteroatoms. The summed E-state index contributed by atoms with van der Waals surface area (Å²) < 4.78 is 0. The number of rotatable bonds is 3. The molecule has 19 heavy (non-hydrogen) atoms. The molecule has 1 saturated heterocycles. The molecule has 1 amide bonds. The lowest BCUT2D eigenvalue weighted by Gasteiger charge is -2.33. The molecule has 102 valence electrons. The number of piperidine rings is 1. The molecule has 0 spiro atoms. The van der Waals surface area contributed by atoms with Gasteiger partial charge in [0.2, 0.25) is 5.91 Å². The van der Waals surface area contributed by atoms with E-state index in [1.54, 1.807) is 0 Å². The van der Waals surface area contributed by atoms with E-state index in [9.17, 15) is 4.79 Å². The summed E-state index contributed by atoms with van der Waals surface area (Å²) in [6.45, 7) is 0. The van der Waals surface area contributed by atoms with Crippen LogP contribution in [0.15, 0.2) is 6.33 Å². The second-order valence-electron chi connectivity index (χ2n) is 5.14. The van der Waals surface area contributed by atoms with Gasteiger partial charge in [0.25, 0.3) is 0 Å². The number of nitrogen functional groups attached to an aromatic ring is 1. The molecule has 4 N–H and O–H groups in total. The number of aromatic nitrogens is 2. The Labute approximate surface area is 116 Å². The Hall–Kier alpha value is -1.56. The van der Waals surface area contributed by atoms with Crippen LogP contribution in [0.25, 0.3) is 0 Å². The van der Waals surface area contributed by atoms with Gasteiger partial charge in [0.05, 0.1) is 6.04 Å². The zero-order valence-electron chi connectivity index (χ0n) is 10.4. The average molecular weight is 282 g/mol. The van der Waals surface area contributed by atoms with Crippen LogP contribution in [0.1, 0.15) is 25.7 Å². The lowest BCUT2D eigenvalue weighted by molar-refractivity contribution is -0.123. The van der Waals surface area contributed by atoms with Gasteiger partial charge >= 0.3 is 0 Å². The predicted octanol–water partition coefficient (Wildman–Crippen LogP) is 1.18. The number of nitrogens with zero attached hydrogens (tertiary/aromatic N) is 2. The highest BCUT2D eigenvalue weighted by Crippen LogP contribution is 2.37. The van der Waals surface area contributed by atoms with Crippen molar-refractivity contribution in [3.63, 3.8) is 0 Å². The summed E-state index contributed by atoms with van der Waals surface area (Å²) in [7, 11) is 0. The van der Waals surface area contributed by atoms with Crippen LogP contribution in [0.4, 0.5) is 11.6 Å². The minimum absolute atomic E-state index is 0.128. The van der Waals surface area contributed by atoms with Gasteiger partial charge < -0.3 is 16.4 Å². The lowest BCUT2D eigenvalue weighted by Crippen LogP contribution is -2.52. The molecule has 0 unspecified atom stereocenters. The summed E-state index contributed by atoms with van der Waals surface area (Å²) in [5, 5.41) is 6.71. The van der Waals surface area contributed by atoms with Crippen molar-refractivity contribution in [2.45, 2.75) is 37.8 Å². The maximum atomic E-state index is 11.5. The summed E-state index contributed by atoms with van der Waals surface area (Å²) in [6, 6.07) is 0.311. The molecule has 1 aromatic rings. The van der Waals surface area contributed by atoms with Crippen LogP contribution in [-0.2, 0) is 4.79 Å². The normalized spacial score (nSPS) is 26.9. The van der Waals surface area contributed by atoms with E-state index in [1.807, 2.05) is 0 Å². The average Bonchev–Trinajstić information content (AvgIpc) is 3.21. The Morgan fingerprint density at radius 3 is 2.89 bits per heavy atom. The fourth-order valence-electron chi connectivity index (χ4n) is 2.55. The quantitative estimate of drug-likeness (QED) is 0.774. The van der Waals surface area contributed by atoms with Gasteiger partial charge in [-0.25, -0.2) is 9.97 Å². The van der Waals surface area contributed by atoms with Gasteiger partial charge in [-0.05, 0) is 25.2 Å². The monoisotopic (exact) mass is 281 g/mol. The third kappa shape index (κ3) is 2.58. The first-order valence-corrected chi connectivity index (χ1v) is 6.85. The molecule has 0 bridgehead atoms. The highest BCUT2D eigenvalue weighted by atomic mass is 35.5. The smallest absolute Gasteiger partial charge is 0.220 e. The topological polar surface area (TPSA) is 92.9 Å². The van der Waals surface area contributed by atoms with Crippen LogP contribution in [-0.4, -0.2) is 28.0 Å². The summed E-state index contributed by atoms with van der Waals surface area (Å²) in [5.74, 6) is 1.51. The summed E-state index contributed by atoms with van der Waals surface area (Å²) in [6.07, 6.45) is 5.04. The Kier molecular flexibility index (Phi) is 3.18. The van der Waals surface area contributed by atoms with Gasteiger partial charge in [0, 0.05) is 12.5 Å². The summed E-state index contributed by atoms with van der Waals surface area (Å²) >= 11 is 6.08. The zero-order chi connectivity index (χ0) is 13.4. The van der Waals surface area contributed by atoms with Crippen LogP contribution in [0.2, 0.25) is 5.02 Å². The van der Waals surface area contributed by atoms with Crippen molar-refractivity contribution in [1.29, 1.82) is 0 Å². The number of hydrogen-bond donors (Lipinski definition) is 3. The van der Waals surface area contributed by atoms with Crippen LogP contribution in [0.5, 0.6) is 0 Å². The largest absolute Gasteiger partial charge is 0.382 e. The van der Waals surface area contributed by atoms with E-state index in [4.69, 9.17) is 17.3 Å². The molecule has 2 heterocycles. The second-order valence-corrected chi connectivity index (χ2v) is 5.52. The first-order chi connectivity index (χ1) is 9.15. The van der Waals surface area contributed by atoms with E-state index in [0.29, 0.717) is 23.2 Å². The maximum Gasteiger partial charge on any atom is 0.220 e. The number of carbonyl (C=O) groups excluding carboxylic acids is 1. The highest BCUT2D eigenvalue weighted by molar-refractivity contribution is 6.35. The second kappa shape index (κ2) is 4.85. The van der Waals surface area contributed by atoms with Crippen LogP contribution < -0.4 is 16.4 Å². The van der Waals surface area contributed by atoms with Crippen molar-refractivity contribution >= 4 is 29.1 Å². The number of nitrogens with one attached hydrogen (secondary N) is 2. The van der Waals surface area contributed by atoms with Crippen molar-refractivity contribution in [1.82, 2.24) is 15.3 Å². The van der Waals surface area contributed by atoms with Crippen molar-refractivity contribution in [3.05, 3.63) is 11.3 Å². The number of carbonyl (C=O) groups is 1. The standard InChI is InChI=1S/C12H16ClN5O/c13-9-11(14)15-5-16-12(9)17-7-3-4-8(19)18-10(7)6-1-2-6/h5-7,10H,1-4H2,(H,18,19)(H3,14,15,16,17)/t7-,10+/m1/s1. The third-order valence-corrected chi connectivity index (χ3v) is 4.08. The van der Waals surface area contributed by atoms with Crippen molar-refractivity contribution in [2.75, 3.05) is 11.1 Å². The molecular weight excluding hydrogens is 266 g/mol. The van der Waals surface area contributed by atoms with Crippen LogP contribution >= 0.6 is 11.6 Å². The van der Waals surface area contributed by atoms with Crippen LogP contribution in [0, 0.1) is 5.92 Å². The van der Waals surface area contributed by atoms with Gasteiger partial charge in [-0.1, -0.05) is 11.6 Å². The van der Waals surface area contributed by atoms with Gasteiger partial charge in [-0.15, -0.1) is 0 Å². The van der Waals surface area contributed by atoms with Gasteiger partial charge in [0.1, 0.15) is 17.2 Å². The van der Waals surface area contributed by atoms with E-state index in [-0.39, 0.29) is 23.8 Å². The Balaban J connectivity index is 1.77. The minimum Gasteiger partial charge on any atom is -0.382 e. The number of anilines is 2. The molecule has 2 aliphatic rings. The lowest BCUT2D eigenvalue weighted by atomic mass is 9.94. The molecule has 3 rings (SSSR count). The molecule has 0 aromatic carbocycles. The zero-order valence-corrected chi connectivity index (χ0v) is 11.2. The molecule has 6 nitrogen and oxygen atoms in total. The molecule has 2 atom stereocenters. The number of amides is 1. The van der Waals surface area contributed by atoms with E-state index >= 15 is 0 Å². The third-order valence-electron chi connectivity index (χ3n) is 3.71. The molecule has 1 saturated carbocycles. The fourth-order valence-corrected chi connectivity index (χ4v) is 2.70. The maximum absolute atomic E-state index is 11.5. The van der Waals surface area contributed by atoms with E-state index in [1.165, 1.54) is 19.2 Å². The molecule has 0 radical (unpaired) electrons. The molecule has 1 aromatic heterocycles. The Bertz CT molecular complexity index is 505. The molecular formula is C12H16ClN5O. The van der Waals surface area contributed by atoms with Crippen molar-refractivity contribution in [3.8, 4) is 0 Å². The first-order valence-electron chi connectivity index (χ1n) is 6.47. The number of hydrogen-bond acceptors (Lipinski definition) is 5. The number of halogens is 1. The number of nitrogens with two attached hydrogens (primary N) is 1. The van der Waals surface area contributed by atoms with Gasteiger partial charge in [-0.3, -0.25) is 4.79 Å². The SMILES string of the molecule is Nc1ncnc(N[C@@H]2CCC(=O)N[C@H]2C2CC2)c1Cl. The Morgan fingerprint density at radius 2 is 2.16 bits per heavy atom. The van der Waals surface area contributed by atoms with Gasteiger partial charge in [-0.2, -0.15) is 0 Å². The van der Waals surface area contributed by atoms with Gasteiger partial charge in [0.15, 0.2) is 5.82 Å². The predicted molar refractivity (Wildman–Crippen MR) is 72.8 cm³/mol. The molecule has 2 fully saturated rings.